The van der Waals surface area contributed by atoms with Gasteiger partial charge in [-0.2, -0.15) is 0 Å². The van der Waals surface area contributed by atoms with E-state index >= 15 is 0 Å². The van der Waals surface area contributed by atoms with Gasteiger partial charge in [-0.3, -0.25) is 0 Å². The molecular weight excluding hydrogens is 466 g/mol. The number of sulfone groups is 1. The van der Waals surface area contributed by atoms with Gasteiger partial charge in [0.1, 0.15) is 23.4 Å². The van der Waals surface area contributed by atoms with Crippen molar-refractivity contribution >= 4 is 38.5 Å². The highest BCUT2D eigenvalue weighted by atomic mass is 32.2. The fourth-order valence-corrected chi connectivity index (χ4v) is 5.13. The number of carbonyl (C=O) groups excluding carboxylic acids is 1. The van der Waals surface area contributed by atoms with Crippen molar-refractivity contribution < 1.29 is 17.9 Å². The summed E-state index contributed by atoms with van der Waals surface area (Å²) in [4.78, 5) is 25.5. The van der Waals surface area contributed by atoms with E-state index in [-0.39, 0.29) is 12.0 Å². The minimum atomic E-state index is -3.25. The fraction of sp³-hybridized carbons (Fsp3) is 0.480. The molecule has 0 saturated carbocycles. The first kappa shape index (κ1) is 25.0. The number of fused-ring (bicyclic) bond motifs is 2. The number of amides is 1. The maximum absolute atomic E-state index is 12.3. The van der Waals surface area contributed by atoms with E-state index in [1.54, 1.807) is 30.4 Å². The molecule has 188 valence electrons. The molecule has 1 amide bonds. The predicted octanol–water partition coefficient (Wildman–Crippen LogP) is 4.03. The fourth-order valence-electron chi connectivity index (χ4n) is 4.46. The van der Waals surface area contributed by atoms with Crippen LogP contribution in [0, 0.1) is 5.92 Å². The molecule has 1 atom stereocenters. The summed E-state index contributed by atoms with van der Waals surface area (Å²) < 4.78 is 31.4. The van der Waals surface area contributed by atoms with Gasteiger partial charge in [-0.25, -0.2) is 23.2 Å². The Morgan fingerprint density at radius 1 is 1.23 bits per heavy atom. The normalized spacial score (nSPS) is 14.7. The molecule has 1 aliphatic rings. The van der Waals surface area contributed by atoms with Crippen LogP contribution in [0.4, 0.5) is 16.3 Å². The third kappa shape index (κ3) is 5.42. The molecule has 0 radical (unpaired) electrons. The highest BCUT2D eigenvalue weighted by Crippen LogP contribution is 2.37. The number of benzene rings is 1. The minimum absolute atomic E-state index is 0.170. The van der Waals surface area contributed by atoms with E-state index in [4.69, 9.17) is 4.74 Å². The molecule has 3 heterocycles. The third-order valence-corrected chi connectivity index (χ3v) is 7.07. The third-order valence-electron chi connectivity index (χ3n) is 5.96. The lowest BCUT2D eigenvalue weighted by Crippen LogP contribution is -2.37. The Morgan fingerprint density at radius 2 is 1.97 bits per heavy atom. The highest BCUT2D eigenvalue weighted by molar-refractivity contribution is 7.90. The summed E-state index contributed by atoms with van der Waals surface area (Å²) in [5.41, 5.74) is 2.26. The molecule has 3 aromatic rings. The largest absolute Gasteiger partial charge is 0.444 e. The number of ether oxygens (including phenoxy) is 1. The molecule has 1 aromatic carbocycles. The summed E-state index contributed by atoms with van der Waals surface area (Å²) in [6, 6.07) is 7.28. The summed E-state index contributed by atoms with van der Waals surface area (Å²) in [6.45, 7) is 9.61. The van der Waals surface area contributed by atoms with E-state index in [1.165, 1.54) is 6.26 Å². The lowest BCUT2D eigenvalue weighted by Gasteiger charge is -2.26. The van der Waals surface area contributed by atoms with Crippen LogP contribution in [0.5, 0.6) is 0 Å². The SMILES string of the molecule is C[C@H](CN(C)C(=O)OC(C)(C)C)Cn1ccc2c(N3CCc4cc(S(C)(=O)=O)ccc43)ncnc21. The number of hydrogen-bond acceptors (Lipinski definition) is 7. The van der Waals surface area contributed by atoms with Crippen LogP contribution < -0.4 is 4.90 Å². The van der Waals surface area contributed by atoms with Crippen molar-refractivity contribution in [2.24, 2.45) is 5.92 Å². The molecule has 10 heteroatoms. The van der Waals surface area contributed by atoms with E-state index < -0.39 is 15.4 Å². The second-order valence-electron chi connectivity index (χ2n) is 10.3. The smallest absolute Gasteiger partial charge is 0.410 e. The number of aromatic nitrogens is 3. The van der Waals surface area contributed by atoms with Gasteiger partial charge in [0, 0.05) is 44.8 Å². The summed E-state index contributed by atoms with van der Waals surface area (Å²) >= 11 is 0. The van der Waals surface area contributed by atoms with Crippen molar-refractivity contribution in [3.05, 3.63) is 42.4 Å². The molecule has 0 unspecified atom stereocenters. The molecular formula is C25H33N5O4S. The van der Waals surface area contributed by atoms with E-state index in [1.807, 2.05) is 39.1 Å². The average Bonchev–Trinajstić information content (AvgIpc) is 3.35. The molecule has 9 nitrogen and oxygen atoms in total. The lowest BCUT2D eigenvalue weighted by atomic mass is 10.1. The summed E-state index contributed by atoms with van der Waals surface area (Å²) in [5.74, 6) is 0.974. The first-order valence-electron chi connectivity index (χ1n) is 11.7. The van der Waals surface area contributed by atoms with Gasteiger partial charge in [0.2, 0.25) is 0 Å². The van der Waals surface area contributed by atoms with Crippen LogP contribution in [0.3, 0.4) is 0 Å². The molecule has 0 aliphatic carbocycles. The zero-order chi connectivity index (χ0) is 25.5. The van der Waals surface area contributed by atoms with Crippen molar-refractivity contribution in [1.82, 2.24) is 19.4 Å². The zero-order valence-corrected chi connectivity index (χ0v) is 22.0. The molecule has 4 rings (SSSR count). The van der Waals surface area contributed by atoms with E-state index in [0.29, 0.717) is 18.0 Å². The molecule has 0 saturated heterocycles. The molecule has 0 bridgehead atoms. The van der Waals surface area contributed by atoms with Crippen molar-refractivity contribution in [2.45, 2.75) is 51.2 Å². The quantitative estimate of drug-likeness (QED) is 0.505. The highest BCUT2D eigenvalue weighted by Gasteiger charge is 2.26. The summed E-state index contributed by atoms with van der Waals surface area (Å²) in [7, 11) is -1.50. The number of hydrogen-bond donors (Lipinski definition) is 0. The summed E-state index contributed by atoms with van der Waals surface area (Å²) in [6.07, 6.45) is 5.20. The molecule has 0 spiro atoms. The van der Waals surface area contributed by atoms with E-state index in [0.717, 1.165) is 41.1 Å². The van der Waals surface area contributed by atoms with Crippen LogP contribution in [-0.4, -0.2) is 65.9 Å². The van der Waals surface area contributed by atoms with Gasteiger partial charge in [-0.1, -0.05) is 6.92 Å². The van der Waals surface area contributed by atoms with Crippen molar-refractivity contribution in [3.8, 4) is 0 Å². The van der Waals surface area contributed by atoms with Gasteiger partial charge >= 0.3 is 6.09 Å². The number of rotatable bonds is 6. The minimum Gasteiger partial charge on any atom is -0.444 e. The Kier molecular flexibility index (Phi) is 6.52. The van der Waals surface area contributed by atoms with Gasteiger partial charge in [-0.05, 0) is 62.9 Å². The Labute approximate surface area is 206 Å². The van der Waals surface area contributed by atoms with Crippen LogP contribution in [-0.2, 0) is 27.5 Å². The van der Waals surface area contributed by atoms with Crippen LogP contribution >= 0.6 is 0 Å². The van der Waals surface area contributed by atoms with E-state index in [2.05, 4.69) is 26.4 Å². The number of nitrogens with zero attached hydrogens (tertiary/aromatic N) is 5. The second kappa shape index (κ2) is 9.14. The van der Waals surface area contributed by atoms with Crippen LogP contribution in [0.2, 0.25) is 0 Å². The van der Waals surface area contributed by atoms with Gasteiger partial charge in [0.25, 0.3) is 0 Å². The average molecular weight is 500 g/mol. The van der Waals surface area contributed by atoms with Gasteiger partial charge < -0.3 is 19.1 Å². The molecule has 2 aromatic heterocycles. The molecule has 35 heavy (non-hydrogen) atoms. The van der Waals surface area contributed by atoms with Crippen molar-refractivity contribution in [2.75, 3.05) is 31.3 Å². The van der Waals surface area contributed by atoms with Crippen LogP contribution in [0.25, 0.3) is 11.0 Å². The topological polar surface area (TPSA) is 97.6 Å². The maximum Gasteiger partial charge on any atom is 0.410 e. The van der Waals surface area contributed by atoms with Gasteiger partial charge in [0.15, 0.2) is 9.84 Å². The zero-order valence-electron chi connectivity index (χ0n) is 21.1. The lowest BCUT2D eigenvalue weighted by molar-refractivity contribution is 0.0273. The Morgan fingerprint density at radius 3 is 2.66 bits per heavy atom. The summed E-state index contributed by atoms with van der Waals surface area (Å²) in [5, 5.41) is 0.931. The van der Waals surface area contributed by atoms with Gasteiger partial charge in [0.05, 0.1) is 10.3 Å². The standard InChI is InChI=1S/C25H33N5O4S/c1-17(14-28(5)24(31)34-25(2,3)4)15-29-11-10-20-22(29)26-16-27-23(20)30-12-9-18-13-19(35(6,32)33)7-8-21(18)30/h7-8,10-11,13,16-17H,9,12,14-15H2,1-6H3/t17-/m1/s1. The number of carbonyl (C=O) groups is 1. The number of anilines is 2. The first-order chi connectivity index (χ1) is 16.3. The van der Waals surface area contributed by atoms with Crippen LogP contribution in [0.15, 0.2) is 41.7 Å². The second-order valence-corrected chi connectivity index (χ2v) is 12.3. The predicted molar refractivity (Wildman–Crippen MR) is 136 cm³/mol. The monoisotopic (exact) mass is 499 g/mol. The van der Waals surface area contributed by atoms with Crippen molar-refractivity contribution in [1.29, 1.82) is 0 Å². The van der Waals surface area contributed by atoms with E-state index in [9.17, 15) is 13.2 Å². The first-order valence-corrected chi connectivity index (χ1v) is 13.6. The van der Waals surface area contributed by atoms with Crippen molar-refractivity contribution in [3.63, 3.8) is 0 Å². The Balaban J connectivity index is 1.54. The van der Waals surface area contributed by atoms with Crippen LogP contribution in [0.1, 0.15) is 33.3 Å². The molecule has 1 aliphatic heterocycles. The Bertz CT molecular complexity index is 1360. The maximum atomic E-state index is 12.3. The molecule has 0 fully saturated rings. The molecule has 0 N–H and O–H groups in total. The Hall–Kier alpha value is -3.14. The van der Waals surface area contributed by atoms with Gasteiger partial charge in [-0.15, -0.1) is 0 Å².